The van der Waals surface area contributed by atoms with Gasteiger partial charge < -0.3 is 9.30 Å². The molecule has 0 aliphatic carbocycles. The number of carbonyl (C=O) groups excluding carboxylic acids is 1. The van der Waals surface area contributed by atoms with Gasteiger partial charge in [-0.25, -0.2) is 4.68 Å². The van der Waals surface area contributed by atoms with Gasteiger partial charge in [-0.05, 0) is 51.1 Å². The van der Waals surface area contributed by atoms with Gasteiger partial charge in [0.25, 0.3) is 0 Å². The van der Waals surface area contributed by atoms with Crippen LogP contribution in [0.25, 0.3) is 0 Å². The Balaban J connectivity index is 2.10. The molecule has 2 rings (SSSR count). The average Bonchev–Trinajstić information content (AvgIpc) is 3.08. The molecule has 0 amide bonds. The minimum absolute atomic E-state index is 0.0835. The van der Waals surface area contributed by atoms with E-state index in [2.05, 4.69) is 20.1 Å². The predicted molar refractivity (Wildman–Crippen MR) is 93.6 cm³/mol. The number of Topliss-reactive ketones (excluding diaryl/α,β-unsaturated/α-hetero) is 1. The molecule has 7 nitrogen and oxygen atoms in total. The summed E-state index contributed by atoms with van der Waals surface area (Å²) in [6.07, 6.45) is 0. The quantitative estimate of drug-likeness (QED) is 0.563. The van der Waals surface area contributed by atoms with Crippen molar-refractivity contribution < 1.29 is 9.53 Å². The van der Waals surface area contributed by atoms with E-state index in [4.69, 9.17) is 4.74 Å². The molecule has 0 N–H and O–H groups in total. The van der Waals surface area contributed by atoms with Gasteiger partial charge in [0.1, 0.15) is 0 Å². The van der Waals surface area contributed by atoms with E-state index in [1.807, 2.05) is 40.7 Å². The number of nitrogens with zero attached hydrogens (tertiary/aromatic N) is 5. The third kappa shape index (κ3) is 4.05. The van der Waals surface area contributed by atoms with Gasteiger partial charge >= 0.3 is 0 Å². The zero-order valence-corrected chi connectivity index (χ0v) is 16.0. The zero-order chi connectivity index (χ0) is 17.9. The molecule has 2 aromatic rings. The first kappa shape index (κ1) is 18.7. The summed E-state index contributed by atoms with van der Waals surface area (Å²) in [6.45, 7) is 11.4. The van der Waals surface area contributed by atoms with Crippen molar-refractivity contribution in [2.24, 2.45) is 0 Å². The highest BCUT2D eigenvalue weighted by Gasteiger charge is 2.22. The number of thioether (sulfide) groups is 1. The Morgan fingerprint density at radius 2 is 2.04 bits per heavy atom. The van der Waals surface area contributed by atoms with Gasteiger partial charge in [0.15, 0.2) is 5.78 Å². The first-order chi connectivity index (χ1) is 11.3. The Kier molecular flexibility index (Phi) is 5.82. The van der Waals surface area contributed by atoms with Gasteiger partial charge in [-0.2, -0.15) is 0 Å². The molecule has 0 spiro atoms. The molecule has 0 unspecified atom stereocenters. The summed E-state index contributed by atoms with van der Waals surface area (Å²) in [5, 5.41) is 12.4. The minimum Gasteiger partial charge on any atom is -0.383 e. The molecule has 0 aliphatic heterocycles. The van der Waals surface area contributed by atoms with Crippen molar-refractivity contribution in [3.63, 3.8) is 0 Å². The Morgan fingerprint density at radius 1 is 1.33 bits per heavy atom. The molecule has 8 heteroatoms. The highest BCUT2D eigenvalue weighted by Crippen LogP contribution is 2.23. The van der Waals surface area contributed by atoms with Gasteiger partial charge in [0.05, 0.1) is 17.9 Å². The largest absolute Gasteiger partial charge is 0.383 e. The fourth-order valence-electron chi connectivity index (χ4n) is 2.51. The van der Waals surface area contributed by atoms with Gasteiger partial charge in [-0.1, -0.05) is 11.8 Å². The van der Waals surface area contributed by atoms with Crippen LogP contribution in [0, 0.1) is 13.8 Å². The topological polar surface area (TPSA) is 74.8 Å². The normalized spacial score (nSPS) is 11.9. The molecule has 0 bridgehead atoms. The summed E-state index contributed by atoms with van der Waals surface area (Å²) in [6, 6.07) is 1.95. The molecule has 0 saturated heterocycles. The third-order valence-electron chi connectivity index (χ3n) is 3.80. The van der Waals surface area contributed by atoms with Crippen molar-refractivity contribution >= 4 is 17.5 Å². The monoisotopic (exact) mass is 351 g/mol. The Morgan fingerprint density at radius 3 is 2.67 bits per heavy atom. The molecular formula is C16H25N5O2S. The van der Waals surface area contributed by atoms with Crippen molar-refractivity contribution in [1.82, 2.24) is 24.8 Å². The fraction of sp³-hybridized carbons (Fsp3) is 0.625. The summed E-state index contributed by atoms with van der Waals surface area (Å²) >= 11 is 1.37. The molecule has 0 fully saturated rings. The minimum atomic E-state index is -0.217. The van der Waals surface area contributed by atoms with E-state index >= 15 is 0 Å². The molecule has 0 aromatic carbocycles. The van der Waals surface area contributed by atoms with Crippen LogP contribution in [0.3, 0.4) is 0 Å². The second-order valence-electron chi connectivity index (χ2n) is 6.69. The van der Waals surface area contributed by atoms with Crippen LogP contribution in [-0.2, 0) is 16.8 Å². The van der Waals surface area contributed by atoms with Gasteiger partial charge in [0.2, 0.25) is 5.16 Å². The summed E-state index contributed by atoms with van der Waals surface area (Å²) in [7, 11) is 1.68. The van der Waals surface area contributed by atoms with Crippen LogP contribution < -0.4 is 0 Å². The van der Waals surface area contributed by atoms with Crippen LogP contribution in [-0.4, -0.2) is 50.0 Å². The van der Waals surface area contributed by atoms with Crippen molar-refractivity contribution in [1.29, 1.82) is 0 Å². The lowest BCUT2D eigenvalue weighted by molar-refractivity contribution is 0.102. The number of hydrogen-bond acceptors (Lipinski definition) is 6. The number of aromatic nitrogens is 5. The summed E-state index contributed by atoms with van der Waals surface area (Å²) in [4.78, 5) is 12.6. The lowest BCUT2D eigenvalue weighted by Gasteiger charge is -2.19. The van der Waals surface area contributed by atoms with E-state index in [-0.39, 0.29) is 11.3 Å². The van der Waals surface area contributed by atoms with Crippen molar-refractivity contribution in [2.45, 2.75) is 51.9 Å². The first-order valence-corrected chi connectivity index (χ1v) is 8.84. The van der Waals surface area contributed by atoms with E-state index in [1.54, 1.807) is 11.8 Å². The highest BCUT2D eigenvalue weighted by atomic mass is 32.2. The SMILES string of the molecule is COCCn1c(C)cc(C(=O)CSc2nnnn2C(C)(C)C)c1C. The van der Waals surface area contributed by atoms with Crippen LogP contribution in [0.2, 0.25) is 0 Å². The maximum atomic E-state index is 12.6. The summed E-state index contributed by atoms with van der Waals surface area (Å²) in [5.41, 5.74) is 2.58. The van der Waals surface area contributed by atoms with E-state index < -0.39 is 0 Å². The highest BCUT2D eigenvalue weighted by molar-refractivity contribution is 7.99. The van der Waals surface area contributed by atoms with E-state index in [0.29, 0.717) is 17.5 Å². The zero-order valence-electron chi connectivity index (χ0n) is 15.2. The maximum Gasteiger partial charge on any atom is 0.210 e. The molecule has 24 heavy (non-hydrogen) atoms. The van der Waals surface area contributed by atoms with Gasteiger partial charge in [-0.15, -0.1) is 5.10 Å². The smallest absolute Gasteiger partial charge is 0.210 e. The number of ether oxygens (including phenoxy) is 1. The number of aryl methyl sites for hydroxylation is 1. The number of ketones is 1. The third-order valence-corrected chi connectivity index (χ3v) is 4.72. The molecule has 0 atom stereocenters. The molecule has 132 valence electrons. The molecule has 0 saturated carbocycles. The predicted octanol–water partition coefficient (Wildman–Crippen LogP) is 2.47. The molecule has 2 aromatic heterocycles. The van der Waals surface area contributed by atoms with Crippen molar-refractivity contribution in [3.8, 4) is 0 Å². The van der Waals surface area contributed by atoms with E-state index in [9.17, 15) is 4.79 Å². The van der Waals surface area contributed by atoms with Crippen molar-refractivity contribution in [3.05, 3.63) is 23.0 Å². The molecule has 0 radical (unpaired) electrons. The second-order valence-corrected chi connectivity index (χ2v) is 7.63. The van der Waals surface area contributed by atoms with Crippen LogP contribution in [0.15, 0.2) is 11.2 Å². The van der Waals surface area contributed by atoms with Crippen LogP contribution >= 0.6 is 11.8 Å². The number of tetrazole rings is 1. The molecule has 2 heterocycles. The van der Waals surface area contributed by atoms with Gasteiger partial charge in [-0.3, -0.25) is 4.79 Å². The maximum absolute atomic E-state index is 12.6. The van der Waals surface area contributed by atoms with Crippen LogP contribution in [0.1, 0.15) is 42.5 Å². The van der Waals surface area contributed by atoms with Crippen LogP contribution in [0.4, 0.5) is 0 Å². The Labute approximate surface area is 146 Å². The van der Waals surface area contributed by atoms with E-state index in [1.165, 1.54) is 11.8 Å². The number of hydrogen-bond donors (Lipinski definition) is 0. The summed E-state index contributed by atoms with van der Waals surface area (Å²) in [5.74, 6) is 0.394. The Hall–Kier alpha value is -1.67. The Bertz CT molecular complexity index is 715. The number of methoxy groups -OCH3 is 1. The number of rotatable bonds is 7. The molecule has 0 aliphatic rings. The lowest BCUT2D eigenvalue weighted by atomic mass is 10.1. The van der Waals surface area contributed by atoms with E-state index in [0.717, 1.165) is 23.5 Å². The second kappa shape index (κ2) is 7.48. The summed E-state index contributed by atoms with van der Waals surface area (Å²) < 4.78 is 8.99. The van der Waals surface area contributed by atoms with Crippen LogP contribution in [0.5, 0.6) is 0 Å². The molecular weight excluding hydrogens is 326 g/mol. The van der Waals surface area contributed by atoms with Gasteiger partial charge in [0, 0.05) is 30.6 Å². The first-order valence-electron chi connectivity index (χ1n) is 7.86. The van der Waals surface area contributed by atoms with Crippen molar-refractivity contribution in [2.75, 3.05) is 19.5 Å². The number of carbonyl (C=O) groups is 1. The average molecular weight is 351 g/mol. The fourth-order valence-corrected chi connectivity index (χ4v) is 3.45. The lowest BCUT2D eigenvalue weighted by Crippen LogP contribution is -2.24. The standard InChI is InChI=1S/C16H25N5O2S/c1-11-9-13(12(2)20(11)7-8-23-6)14(22)10-24-15-17-18-19-21(15)16(3,4)5/h9H,7-8,10H2,1-6H3.